The molecule has 0 bridgehead atoms. The maximum atomic E-state index is 11.1. The van der Waals surface area contributed by atoms with Crippen molar-refractivity contribution in [2.75, 3.05) is 5.32 Å². The molecular formula is C12H16N4O3. The van der Waals surface area contributed by atoms with Crippen LogP contribution in [0.15, 0.2) is 18.3 Å². The van der Waals surface area contributed by atoms with Gasteiger partial charge in [0.2, 0.25) is 5.91 Å². The summed E-state index contributed by atoms with van der Waals surface area (Å²) >= 11 is 0. The lowest BCUT2D eigenvalue weighted by Gasteiger charge is -2.27. The van der Waals surface area contributed by atoms with Crippen molar-refractivity contribution in [1.29, 1.82) is 0 Å². The molecule has 0 radical (unpaired) electrons. The number of anilines is 1. The number of aromatic nitrogens is 1. The van der Waals surface area contributed by atoms with Gasteiger partial charge < -0.3 is 11.1 Å². The zero-order chi connectivity index (χ0) is 13.8. The number of nitrogens with two attached hydrogens (primary N) is 1. The van der Waals surface area contributed by atoms with Crippen LogP contribution in [0.5, 0.6) is 0 Å². The van der Waals surface area contributed by atoms with E-state index >= 15 is 0 Å². The monoisotopic (exact) mass is 264 g/mol. The Morgan fingerprint density at radius 3 is 2.68 bits per heavy atom. The minimum Gasteiger partial charge on any atom is -0.369 e. The number of amides is 1. The summed E-state index contributed by atoms with van der Waals surface area (Å²) in [6.45, 7) is 0. The maximum absolute atomic E-state index is 11.1. The van der Waals surface area contributed by atoms with Gasteiger partial charge in [-0.05, 0) is 25.7 Å². The molecule has 2 rings (SSSR count). The van der Waals surface area contributed by atoms with Crippen molar-refractivity contribution in [3.05, 3.63) is 28.4 Å². The number of nitro groups is 1. The molecule has 0 aliphatic heterocycles. The summed E-state index contributed by atoms with van der Waals surface area (Å²) < 4.78 is 0. The Labute approximate surface area is 110 Å². The highest BCUT2D eigenvalue weighted by molar-refractivity contribution is 5.76. The first-order valence-electron chi connectivity index (χ1n) is 6.22. The molecule has 1 amide bonds. The van der Waals surface area contributed by atoms with Gasteiger partial charge in [-0.25, -0.2) is 4.98 Å². The summed E-state index contributed by atoms with van der Waals surface area (Å²) in [5.41, 5.74) is 5.29. The second kappa shape index (κ2) is 5.64. The van der Waals surface area contributed by atoms with E-state index in [1.807, 2.05) is 0 Å². The van der Waals surface area contributed by atoms with E-state index in [9.17, 15) is 14.9 Å². The third-order valence-corrected chi connectivity index (χ3v) is 3.44. The second-order valence-corrected chi connectivity index (χ2v) is 4.75. The fraction of sp³-hybridized carbons (Fsp3) is 0.500. The summed E-state index contributed by atoms with van der Waals surface area (Å²) in [5.74, 6) is 0.208. The number of carbonyl (C=O) groups is 1. The number of hydrogen-bond acceptors (Lipinski definition) is 5. The Kier molecular flexibility index (Phi) is 3.94. The molecule has 1 aliphatic carbocycles. The fourth-order valence-electron chi connectivity index (χ4n) is 2.34. The van der Waals surface area contributed by atoms with E-state index in [1.54, 1.807) is 0 Å². The lowest BCUT2D eigenvalue weighted by Crippen LogP contribution is -2.32. The molecule has 102 valence electrons. The summed E-state index contributed by atoms with van der Waals surface area (Å²) in [4.78, 5) is 25.3. The first-order chi connectivity index (χ1) is 9.06. The van der Waals surface area contributed by atoms with E-state index in [0.717, 1.165) is 25.7 Å². The van der Waals surface area contributed by atoms with Crippen LogP contribution in [0.1, 0.15) is 25.7 Å². The van der Waals surface area contributed by atoms with Crippen molar-refractivity contribution >= 4 is 17.4 Å². The quantitative estimate of drug-likeness (QED) is 0.631. The van der Waals surface area contributed by atoms with Crippen LogP contribution in [0.25, 0.3) is 0 Å². The van der Waals surface area contributed by atoms with Crippen LogP contribution >= 0.6 is 0 Å². The molecule has 1 aromatic rings. The first kappa shape index (κ1) is 13.3. The van der Waals surface area contributed by atoms with Gasteiger partial charge in [-0.15, -0.1) is 0 Å². The maximum Gasteiger partial charge on any atom is 0.274 e. The van der Waals surface area contributed by atoms with Gasteiger partial charge in [-0.1, -0.05) is 0 Å². The Hall–Kier alpha value is -2.18. The molecule has 0 unspecified atom stereocenters. The highest BCUT2D eigenvalue weighted by atomic mass is 16.6. The lowest BCUT2D eigenvalue weighted by molar-refractivity contribution is -0.384. The Bertz CT molecular complexity index is 484. The molecule has 3 N–H and O–H groups in total. The largest absolute Gasteiger partial charge is 0.369 e. The lowest BCUT2D eigenvalue weighted by atomic mass is 9.85. The Balaban J connectivity index is 1.94. The molecule has 1 fully saturated rings. The average molecular weight is 264 g/mol. The summed E-state index contributed by atoms with van der Waals surface area (Å²) in [6.07, 6.45) is 4.55. The van der Waals surface area contributed by atoms with Crippen molar-refractivity contribution in [2.45, 2.75) is 31.7 Å². The van der Waals surface area contributed by atoms with E-state index in [4.69, 9.17) is 5.73 Å². The van der Waals surface area contributed by atoms with Crippen LogP contribution in [-0.4, -0.2) is 21.9 Å². The minimum absolute atomic E-state index is 0.0170. The third kappa shape index (κ3) is 3.40. The van der Waals surface area contributed by atoms with Gasteiger partial charge in [0.15, 0.2) is 0 Å². The Morgan fingerprint density at radius 2 is 2.11 bits per heavy atom. The minimum atomic E-state index is -0.448. The van der Waals surface area contributed by atoms with Crippen LogP contribution < -0.4 is 11.1 Å². The molecule has 7 heteroatoms. The van der Waals surface area contributed by atoms with E-state index in [-0.39, 0.29) is 23.6 Å². The van der Waals surface area contributed by atoms with E-state index < -0.39 is 4.92 Å². The van der Waals surface area contributed by atoms with Crippen molar-refractivity contribution in [3.63, 3.8) is 0 Å². The standard InChI is InChI=1S/C12H16N4O3/c13-12(17)8-1-3-9(4-2-8)15-11-7-10(16(18)19)5-6-14-11/h5-9H,1-4H2,(H2,13,17)(H,14,15). The van der Waals surface area contributed by atoms with Crippen molar-refractivity contribution in [3.8, 4) is 0 Å². The van der Waals surface area contributed by atoms with Gasteiger partial charge in [0, 0.05) is 24.2 Å². The predicted octanol–water partition coefficient (Wildman–Crippen LogP) is 1.45. The second-order valence-electron chi connectivity index (χ2n) is 4.75. The number of nitrogens with zero attached hydrogens (tertiary/aromatic N) is 2. The molecule has 19 heavy (non-hydrogen) atoms. The van der Waals surface area contributed by atoms with Gasteiger partial charge in [0.05, 0.1) is 11.0 Å². The summed E-state index contributed by atoms with van der Waals surface area (Å²) in [6, 6.07) is 2.96. The van der Waals surface area contributed by atoms with Gasteiger partial charge in [0.25, 0.3) is 5.69 Å². The smallest absolute Gasteiger partial charge is 0.274 e. The molecule has 7 nitrogen and oxygen atoms in total. The third-order valence-electron chi connectivity index (χ3n) is 3.44. The Morgan fingerprint density at radius 1 is 1.42 bits per heavy atom. The normalized spacial score (nSPS) is 22.7. The number of rotatable bonds is 4. The van der Waals surface area contributed by atoms with Crippen molar-refractivity contribution < 1.29 is 9.72 Å². The number of nitrogens with one attached hydrogen (secondary N) is 1. The van der Waals surface area contributed by atoms with Crippen LogP contribution in [0.4, 0.5) is 11.5 Å². The van der Waals surface area contributed by atoms with Crippen LogP contribution in [0.3, 0.4) is 0 Å². The molecule has 0 spiro atoms. The van der Waals surface area contributed by atoms with Crippen LogP contribution in [-0.2, 0) is 4.79 Å². The zero-order valence-electron chi connectivity index (χ0n) is 10.4. The predicted molar refractivity (Wildman–Crippen MR) is 69.5 cm³/mol. The molecule has 1 aliphatic rings. The highest BCUT2D eigenvalue weighted by Gasteiger charge is 2.24. The number of pyridine rings is 1. The van der Waals surface area contributed by atoms with Crippen molar-refractivity contribution in [1.82, 2.24) is 4.98 Å². The summed E-state index contributed by atoms with van der Waals surface area (Å²) in [7, 11) is 0. The molecule has 1 heterocycles. The van der Waals surface area contributed by atoms with Crippen LogP contribution in [0.2, 0.25) is 0 Å². The van der Waals surface area contributed by atoms with E-state index in [1.165, 1.54) is 18.3 Å². The number of carbonyl (C=O) groups excluding carboxylic acids is 1. The average Bonchev–Trinajstić information content (AvgIpc) is 2.39. The molecule has 0 atom stereocenters. The SMILES string of the molecule is NC(=O)C1CCC(Nc2cc([N+](=O)[O-])ccn2)CC1. The number of hydrogen-bond donors (Lipinski definition) is 2. The molecule has 1 aromatic heterocycles. The molecule has 1 saturated carbocycles. The molecule has 0 aromatic carbocycles. The first-order valence-corrected chi connectivity index (χ1v) is 6.22. The molecule has 0 saturated heterocycles. The summed E-state index contributed by atoms with van der Waals surface area (Å²) in [5, 5.41) is 13.8. The van der Waals surface area contributed by atoms with Gasteiger partial charge >= 0.3 is 0 Å². The number of primary amides is 1. The van der Waals surface area contributed by atoms with E-state index in [0.29, 0.717) is 5.82 Å². The van der Waals surface area contributed by atoms with Gasteiger partial charge in [0.1, 0.15) is 5.82 Å². The zero-order valence-corrected chi connectivity index (χ0v) is 10.4. The van der Waals surface area contributed by atoms with Gasteiger partial charge in [-0.2, -0.15) is 0 Å². The van der Waals surface area contributed by atoms with Gasteiger partial charge in [-0.3, -0.25) is 14.9 Å². The highest BCUT2D eigenvalue weighted by Crippen LogP contribution is 2.26. The molecular weight excluding hydrogens is 248 g/mol. The van der Waals surface area contributed by atoms with E-state index in [2.05, 4.69) is 10.3 Å². The topological polar surface area (TPSA) is 111 Å². The van der Waals surface area contributed by atoms with Crippen molar-refractivity contribution in [2.24, 2.45) is 11.7 Å². The fourth-order valence-corrected chi connectivity index (χ4v) is 2.34. The van der Waals surface area contributed by atoms with Crippen LogP contribution in [0, 0.1) is 16.0 Å².